The third-order valence-corrected chi connectivity index (χ3v) is 10.4. The van der Waals surface area contributed by atoms with Crippen LogP contribution < -0.4 is 0 Å². The quantitative estimate of drug-likeness (QED) is 0.409. The Bertz CT molecular complexity index is 678. The highest BCUT2D eigenvalue weighted by Gasteiger charge is 2.58. The first-order valence-corrected chi connectivity index (χ1v) is 12.8. The largest absolute Gasteiger partial charge is 0.0873 e. The second-order valence-corrected chi connectivity index (χ2v) is 11.9. The lowest BCUT2D eigenvalue weighted by Gasteiger charge is -2.57. The van der Waals surface area contributed by atoms with E-state index in [0.29, 0.717) is 10.8 Å². The molecule has 0 radical (unpaired) electrons. The molecule has 0 spiro atoms. The number of hydrogen-bond acceptors (Lipinski definition) is 0. The fourth-order valence-corrected chi connectivity index (χ4v) is 8.48. The maximum absolute atomic E-state index is 2.69. The molecule has 0 aromatic carbocycles. The van der Waals surface area contributed by atoms with Crippen LogP contribution in [0.4, 0.5) is 0 Å². The van der Waals surface area contributed by atoms with Gasteiger partial charge < -0.3 is 0 Å². The lowest BCUT2D eigenvalue weighted by molar-refractivity contribution is -0.0400. The van der Waals surface area contributed by atoms with Gasteiger partial charge in [0.1, 0.15) is 0 Å². The van der Waals surface area contributed by atoms with Crippen molar-refractivity contribution in [1.29, 1.82) is 0 Å². The minimum absolute atomic E-state index is 0.466. The summed E-state index contributed by atoms with van der Waals surface area (Å²) in [4.78, 5) is 0. The summed E-state index contributed by atoms with van der Waals surface area (Å²) in [6.45, 7) is 14.9. The molecule has 0 aromatic heterocycles. The summed E-state index contributed by atoms with van der Waals surface area (Å²) in [5, 5.41) is 0. The summed E-state index contributed by atoms with van der Waals surface area (Å²) in [5.41, 5.74) is 2.81. The number of fused-ring (bicyclic) bond motifs is 5. The summed E-state index contributed by atoms with van der Waals surface area (Å²) in [6.07, 6.45) is 23.8. The Balaban J connectivity index is 1.52. The minimum Gasteiger partial charge on any atom is -0.0873 e. The molecule has 0 heteroatoms. The van der Waals surface area contributed by atoms with Crippen LogP contribution in [0.2, 0.25) is 0 Å². The Kier molecular flexibility index (Phi) is 5.95. The van der Waals surface area contributed by atoms with Gasteiger partial charge in [0.2, 0.25) is 0 Å². The second kappa shape index (κ2) is 8.05. The monoisotopic (exact) mass is 394 g/mol. The maximum atomic E-state index is 2.69. The van der Waals surface area contributed by atoms with Crippen molar-refractivity contribution in [3.05, 3.63) is 36.0 Å². The fourth-order valence-electron chi connectivity index (χ4n) is 8.48. The van der Waals surface area contributed by atoms with E-state index in [1.54, 1.807) is 5.57 Å². The molecule has 4 aliphatic rings. The van der Waals surface area contributed by atoms with E-state index in [9.17, 15) is 0 Å². The van der Waals surface area contributed by atoms with Gasteiger partial charge in [-0.2, -0.15) is 0 Å². The molecule has 0 saturated heterocycles. The zero-order valence-electron chi connectivity index (χ0n) is 20.1. The number of rotatable bonds is 5. The zero-order valence-corrected chi connectivity index (χ0v) is 20.1. The van der Waals surface area contributed by atoms with E-state index in [0.717, 1.165) is 41.4 Å². The summed E-state index contributed by atoms with van der Waals surface area (Å²) in [7, 11) is 0. The summed E-state index contributed by atoms with van der Waals surface area (Å²) in [5.74, 6) is 5.96. The molecule has 2 saturated carbocycles. The van der Waals surface area contributed by atoms with Crippen LogP contribution in [0.15, 0.2) is 36.0 Å². The van der Waals surface area contributed by atoms with E-state index in [1.165, 1.54) is 51.4 Å². The lowest BCUT2D eigenvalue weighted by atomic mass is 9.47. The molecular formula is C29H46. The number of allylic oxidation sites excluding steroid dienone is 6. The van der Waals surface area contributed by atoms with Gasteiger partial charge in [0.25, 0.3) is 0 Å². The van der Waals surface area contributed by atoms with Crippen molar-refractivity contribution in [2.24, 2.45) is 52.3 Å². The third-order valence-electron chi connectivity index (χ3n) is 10.4. The van der Waals surface area contributed by atoms with Crippen LogP contribution in [0.1, 0.15) is 92.9 Å². The Hall–Kier alpha value is -0.780. The first kappa shape index (κ1) is 21.5. The van der Waals surface area contributed by atoms with Crippen molar-refractivity contribution in [3.63, 3.8) is 0 Å². The van der Waals surface area contributed by atoms with E-state index in [4.69, 9.17) is 0 Å². The molecule has 2 fully saturated rings. The van der Waals surface area contributed by atoms with Crippen LogP contribution in [0.5, 0.6) is 0 Å². The van der Waals surface area contributed by atoms with Gasteiger partial charge in [-0.15, -0.1) is 0 Å². The zero-order chi connectivity index (χ0) is 20.8. The Labute approximate surface area is 181 Å². The van der Waals surface area contributed by atoms with Gasteiger partial charge in [0.05, 0.1) is 0 Å². The average Bonchev–Trinajstić information content (AvgIpc) is 3.05. The second-order valence-electron chi connectivity index (χ2n) is 11.9. The molecule has 0 nitrogen and oxygen atoms in total. The molecule has 0 unspecified atom stereocenters. The fraction of sp³-hybridized carbons (Fsp3) is 0.793. The molecule has 8 atom stereocenters. The van der Waals surface area contributed by atoms with Crippen LogP contribution in [0.3, 0.4) is 0 Å². The molecule has 0 amide bonds. The van der Waals surface area contributed by atoms with Crippen LogP contribution in [-0.2, 0) is 0 Å². The highest BCUT2D eigenvalue weighted by molar-refractivity contribution is 5.28. The highest BCUT2D eigenvalue weighted by Crippen LogP contribution is 2.66. The molecule has 0 heterocycles. The van der Waals surface area contributed by atoms with Crippen molar-refractivity contribution in [2.45, 2.75) is 92.9 Å². The Morgan fingerprint density at radius 3 is 2.55 bits per heavy atom. The smallest absolute Gasteiger partial charge is 0.00478 e. The Morgan fingerprint density at radius 1 is 1.03 bits per heavy atom. The standard InChI is InChI=1S/C29H46/c1-7-22(20(2)3)12-11-21(4)25-15-16-26-24-14-13-23-10-8-9-18-28(23,5)27(24)17-19-29(25,26)6/h8-9,11-13,20-22,24-27H,7,10,14-19H2,1-6H3/b12-11+/t21-,22-,24+,25-,26+,27+,28+,29-/m1/s1. The van der Waals surface area contributed by atoms with Gasteiger partial charge in [0, 0.05) is 0 Å². The molecule has 0 aromatic rings. The van der Waals surface area contributed by atoms with E-state index in [1.807, 2.05) is 0 Å². The Morgan fingerprint density at radius 2 is 1.83 bits per heavy atom. The lowest BCUT2D eigenvalue weighted by Crippen LogP contribution is -2.49. The average molecular weight is 395 g/mol. The van der Waals surface area contributed by atoms with Gasteiger partial charge >= 0.3 is 0 Å². The molecule has 0 aliphatic heterocycles. The van der Waals surface area contributed by atoms with E-state index >= 15 is 0 Å². The van der Waals surface area contributed by atoms with Crippen LogP contribution in [0.25, 0.3) is 0 Å². The van der Waals surface area contributed by atoms with Crippen molar-refractivity contribution in [2.75, 3.05) is 0 Å². The summed E-state index contributed by atoms with van der Waals surface area (Å²) < 4.78 is 0. The van der Waals surface area contributed by atoms with Crippen LogP contribution in [0, 0.1) is 52.3 Å². The van der Waals surface area contributed by atoms with Crippen LogP contribution in [-0.4, -0.2) is 0 Å². The molecular weight excluding hydrogens is 348 g/mol. The molecule has 0 bridgehead atoms. The van der Waals surface area contributed by atoms with Crippen molar-refractivity contribution >= 4 is 0 Å². The first-order valence-electron chi connectivity index (χ1n) is 12.8. The van der Waals surface area contributed by atoms with Crippen molar-refractivity contribution in [1.82, 2.24) is 0 Å². The van der Waals surface area contributed by atoms with Crippen molar-refractivity contribution in [3.8, 4) is 0 Å². The summed E-state index contributed by atoms with van der Waals surface area (Å²) in [6, 6.07) is 0. The SMILES string of the molecule is CC[C@H](/C=C/[C@@H](C)[C@H]1CC[C@H]2[C@@H]3CC=C4CC=CC[C@]4(C)[C@H]3CC[C@]12C)C(C)C. The predicted molar refractivity (Wildman–Crippen MR) is 127 cm³/mol. The highest BCUT2D eigenvalue weighted by atomic mass is 14.6. The van der Waals surface area contributed by atoms with Crippen molar-refractivity contribution < 1.29 is 0 Å². The van der Waals surface area contributed by atoms with Gasteiger partial charge in [-0.25, -0.2) is 0 Å². The summed E-state index contributed by atoms with van der Waals surface area (Å²) >= 11 is 0. The van der Waals surface area contributed by atoms with E-state index < -0.39 is 0 Å². The third kappa shape index (κ3) is 3.51. The first-order chi connectivity index (χ1) is 13.8. The van der Waals surface area contributed by atoms with E-state index in [2.05, 4.69) is 71.9 Å². The molecule has 29 heavy (non-hydrogen) atoms. The molecule has 4 rings (SSSR count). The van der Waals surface area contributed by atoms with E-state index in [-0.39, 0.29) is 0 Å². The molecule has 4 aliphatic carbocycles. The molecule has 162 valence electrons. The van der Waals surface area contributed by atoms with Gasteiger partial charge in [-0.3, -0.25) is 0 Å². The van der Waals surface area contributed by atoms with Crippen LogP contribution >= 0.6 is 0 Å². The van der Waals surface area contributed by atoms with Gasteiger partial charge in [-0.05, 0) is 104 Å². The molecule has 0 N–H and O–H groups in total. The normalized spacial score (nSPS) is 43.6. The maximum Gasteiger partial charge on any atom is -0.00478 e. The van der Waals surface area contributed by atoms with Gasteiger partial charge in [-0.1, -0.05) is 77.5 Å². The minimum atomic E-state index is 0.466. The number of hydrogen-bond donors (Lipinski definition) is 0. The predicted octanol–water partition coefficient (Wildman–Crippen LogP) is 8.61. The topological polar surface area (TPSA) is 0 Å². The van der Waals surface area contributed by atoms with Gasteiger partial charge in [0.15, 0.2) is 0 Å².